The van der Waals surface area contributed by atoms with Crippen molar-refractivity contribution in [3.05, 3.63) is 58.7 Å². The molecular weight excluding hydrogens is 506 g/mol. The van der Waals surface area contributed by atoms with E-state index >= 15 is 0 Å². The van der Waals surface area contributed by atoms with E-state index in [1.807, 2.05) is 6.07 Å². The second kappa shape index (κ2) is 10.0. The number of para-hydroxylation sites is 3. The van der Waals surface area contributed by atoms with Crippen LogP contribution in [0, 0.1) is 6.92 Å². The summed E-state index contributed by atoms with van der Waals surface area (Å²) < 4.78 is 26.0. The highest BCUT2D eigenvalue weighted by Gasteiger charge is 2.21. The first-order chi connectivity index (χ1) is 14.8. The quantitative estimate of drug-likeness (QED) is 0.402. The summed E-state index contributed by atoms with van der Waals surface area (Å²) in [5.41, 5.74) is 1.45. The third-order valence-corrected chi connectivity index (χ3v) is 6.42. The summed E-state index contributed by atoms with van der Waals surface area (Å²) in [6.45, 7) is 2.97. The minimum absolute atomic E-state index is 0.222. The summed E-state index contributed by atoms with van der Waals surface area (Å²) in [4.78, 5) is 28.1. The fourth-order valence-electron chi connectivity index (χ4n) is 2.63. The number of benzene rings is 2. The van der Waals surface area contributed by atoms with Gasteiger partial charge < -0.3 is 20.5 Å². The second-order valence-electron chi connectivity index (χ2n) is 6.18. The first-order valence-electron chi connectivity index (χ1n) is 8.82. The molecule has 2 aromatic carbocycles. The molecule has 1 heterocycles. The van der Waals surface area contributed by atoms with Gasteiger partial charge in [-0.25, -0.2) is 9.78 Å². The number of nitrogens with zero attached hydrogens (tertiary/aromatic N) is 2. The largest absolute Gasteiger partial charge is 0.755 e. The van der Waals surface area contributed by atoms with Crippen LogP contribution in [0.1, 0.15) is 12.6 Å². The molecule has 0 fully saturated rings. The van der Waals surface area contributed by atoms with Crippen molar-refractivity contribution in [1.29, 1.82) is 0 Å². The van der Waals surface area contributed by atoms with Crippen LogP contribution in [0.2, 0.25) is 0 Å². The van der Waals surface area contributed by atoms with Crippen LogP contribution in [0.15, 0.2) is 53.0 Å². The smallest absolute Gasteiger partial charge is 0.323 e. The van der Waals surface area contributed by atoms with Crippen LogP contribution in [0.4, 0.5) is 32.0 Å². The topological polar surface area (TPSA) is 126 Å². The van der Waals surface area contributed by atoms with Gasteiger partial charge in [0.15, 0.2) is 5.13 Å². The summed E-state index contributed by atoms with van der Waals surface area (Å²) in [6, 6.07) is 13.0. The Hall–Kier alpha value is -2.80. The maximum atomic E-state index is 12.5. The molecule has 0 spiro atoms. The first-order valence-corrected chi connectivity index (χ1v) is 11.5. The van der Waals surface area contributed by atoms with Gasteiger partial charge in [-0.2, -0.15) is 0 Å². The SMILES string of the molecule is CC(=O)Nc1nc(C)c(N(c2ccccc2NC(=O)Nc2ccccc2Br)S(=O)[O-])s1. The van der Waals surface area contributed by atoms with E-state index in [0.717, 1.165) is 15.6 Å². The molecule has 1 atom stereocenters. The number of anilines is 5. The number of nitrogens with one attached hydrogen (secondary N) is 3. The molecule has 31 heavy (non-hydrogen) atoms. The Bertz CT molecular complexity index is 1150. The Morgan fingerprint density at radius 2 is 1.68 bits per heavy atom. The second-order valence-corrected chi connectivity index (χ2v) is 8.81. The molecule has 12 heteroatoms. The van der Waals surface area contributed by atoms with Crippen LogP contribution in [0.3, 0.4) is 0 Å². The third-order valence-electron chi connectivity index (χ3n) is 3.88. The summed E-state index contributed by atoms with van der Waals surface area (Å²) in [6.07, 6.45) is 0. The maximum absolute atomic E-state index is 12.5. The maximum Gasteiger partial charge on any atom is 0.323 e. The minimum Gasteiger partial charge on any atom is -0.755 e. The summed E-state index contributed by atoms with van der Waals surface area (Å²) in [5.74, 6) is -0.319. The first kappa shape index (κ1) is 22.9. The lowest BCUT2D eigenvalue weighted by atomic mass is 10.2. The number of aryl methyl sites for hydroxylation is 1. The van der Waals surface area contributed by atoms with Crippen molar-refractivity contribution in [3.8, 4) is 0 Å². The molecule has 1 unspecified atom stereocenters. The van der Waals surface area contributed by atoms with Gasteiger partial charge in [-0.05, 0) is 47.1 Å². The molecule has 0 aliphatic carbocycles. The van der Waals surface area contributed by atoms with Gasteiger partial charge in [0.2, 0.25) is 5.91 Å². The zero-order chi connectivity index (χ0) is 22.5. The van der Waals surface area contributed by atoms with Crippen molar-refractivity contribution in [3.63, 3.8) is 0 Å². The molecule has 1 aromatic heterocycles. The molecule has 0 saturated carbocycles. The summed E-state index contributed by atoms with van der Waals surface area (Å²) in [5, 5.41) is 8.49. The predicted molar refractivity (Wildman–Crippen MR) is 125 cm³/mol. The fourth-order valence-corrected chi connectivity index (χ4v) is 4.83. The highest BCUT2D eigenvalue weighted by molar-refractivity contribution is 9.10. The molecule has 0 aliphatic rings. The van der Waals surface area contributed by atoms with E-state index in [1.165, 1.54) is 6.92 Å². The number of hydrogen-bond donors (Lipinski definition) is 3. The van der Waals surface area contributed by atoms with Crippen LogP contribution in [0.25, 0.3) is 0 Å². The summed E-state index contributed by atoms with van der Waals surface area (Å²) in [7, 11) is 0. The zero-order valence-electron chi connectivity index (χ0n) is 16.3. The van der Waals surface area contributed by atoms with Gasteiger partial charge in [0.05, 0.1) is 34.0 Å². The van der Waals surface area contributed by atoms with Crippen molar-refractivity contribution in [2.75, 3.05) is 20.3 Å². The van der Waals surface area contributed by atoms with Crippen molar-refractivity contribution < 1.29 is 18.4 Å². The standard InChI is InChI=1S/C19H18BrN5O4S2/c1-11-17(30-19(21-11)22-12(2)26)25(31(28)29)16-10-6-5-9-15(16)24-18(27)23-14-8-4-3-7-13(14)20/h3-10H,1-2H3,(H,28,29)(H,21,22,26)(H2,23,24,27)/p-1. The summed E-state index contributed by atoms with van der Waals surface area (Å²) >= 11 is 1.64. The monoisotopic (exact) mass is 522 g/mol. The van der Waals surface area contributed by atoms with Crippen molar-refractivity contribution >= 4 is 77.7 Å². The Kier molecular flexibility index (Phi) is 7.38. The van der Waals surface area contributed by atoms with E-state index in [1.54, 1.807) is 49.4 Å². The number of halogens is 1. The Morgan fingerprint density at radius 3 is 2.32 bits per heavy atom. The van der Waals surface area contributed by atoms with Gasteiger partial charge in [-0.3, -0.25) is 13.3 Å². The Morgan fingerprint density at radius 1 is 1.06 bits per heavy atom. The fraction of sp³-hybridized carbons (Fsp3) is 0.105. The lowest BCUT2D eigenvalue weighted by Gasteiger charge is -2.27. The number of rotatable bonds is 6. The van der Waals surface area contributed by atoms with Gasteiger partial charge in [0, 0.05) is 11.4 Å². The number of amides is 3. The van der Waals surface area contributed by atoms with E-state index in [9.17, 15) is 18.4 Å². The van der Waals surface area contributed by atoms with Crippen LogP contribution >= 0.6 is 27.3 Å². The molecule has 3 aromatic rings. The van der Waals surface area contributed by atoms with Crippen LogP contribution in [-0.2, 0) is 16.1 Å². The normalized spacial score (nSPS) is 11.5. The number of thiazole rings is 1. The van der Waals surface area contributed by atoms with E-state index in [-0.39, 0.29) is 27.4 Å². The van der Waals surface area contributed by atoms with E-state index in [2.05, 4.69) is 36.9 Å². The van der Waals surface area contributed by atoms with Crippen molar-refractivity contribution in [1.82, 2.24) is 4.98 Å². The average molecular weight is 523 g/mol. The van der Waals surface area contributed by atoms with Gasteiger partial charge in [-0.1, -0.05) is 35.6 Å². The lowest BCUT2D eigenvalue weighted by molar-refractivity contribution is -0.114. The number of carbonyl (C=O) groups excluding carboxylic acids is 2. The lowest BCUT2D eigenvalue weighted by Crippen LogP contribution is -2.24. The van der Waals surface area contributed by atoms with E-state index < -0.39 is 17.3 Å². The van der Waals surface area contributed by atoms with Crippen molar-refractivity contribution in [2.24, 2.45) is 0 Å². The van der Waals surface area contributed by atoms with Gasteiger partial charge in [0.1, 0.15) is 5.00 Å². The van der Waals surface area contributed by atoms with Crippen LogP contribution in [-0.4, -0.2) is 25.7 Å². The number of urea groups is 1. The Balaban J connectivity index is 1.92. The molecule has 0 bridgehead atoms. The van der Waals surface area contributed by atoms with Gasteiger partial charge in [0.25, 0.3) is 0 Å². The molecule has 9 nitrogen and oxygen atoms in total. The molecule has 162 valence electrons. The molecule has 0 saturated heterocycles. The number of aromatic nitrogens is 1. The predicted octanol–water partition coefficient (Wildman–Crippen LogP) is 4.75. The number of hydrogen-bond acceptors (Lipinski definition) is 6. The molecule has 0 aliphatic heterocycles. The molecule has 3 amide bonds. The van der Waals surface area contributed by atoms with E-state index in [0.29, 0.717) is 15.9 Å². The highest BCUT2D eigenvalue weighted by Crippen LogP contribution is 2.40. The third kappa shape index (κ3) is 5.67. The Labute approximate surface area is 193 Å². The molecule has 0 radical (unpaired) electrons. The van der Waals surface area contributed by atoms with Gasteiger partial charge in [-0.15, -0.1) is 0 Å². The highest BCUT2D eigenvalue weighted by atomic mass is 79.9. The van der Waals surface area contributed by atoms with Crippen LogP contribution < -0.4 is 20.3 Å². The minimum atomic E-state index is -2.72. The van der Waals surface area contributed by atoms with Crippen molar-refractivity contribution in [2.45, 2.75) is 13.8 Å². The molecule has 3 rings (SSSR count). The zero-order valence-corrected chi connectivity index (χ0v) is 19.6. The van der Waals surface area contributed by atoms with Gasteiger partial charge >= 0.3 is 6.03 Å². The van der Waals surface area contributed by atoms with E-state index in [4.69, 9.17) is 0 Å². The molecular formula is C19H17BrN5O4S2-. The van der Waals surface area contributed by atoms with Crippen LogP contribution in [0.5, 0.6) is 0 Å². The average Bonchev–Trinajstić information content (AvgIpc) is 3.04. The number of carbonyl (C=O) groups is 2. The molecule has 3 N–H and O–H groups in total.